The van der Waals surface area contributed by atoms with E-state index in [1.54, 1.807) is 12.4 Å². The Morgan fingerprint density at radius 3 is 2.68 bits per heavy atom. The van der Waals surface area contributed by atoms with Crippen molar-refractivity contribution in [3.05, 3.63) is 54.4 Å². The largest absolute Gasteiger partial charge is 0.455 e. The summed E-state index contributed by atoms with van der Waals surface area (Å²) in [4.78, 5) is 6.26. The summed E-state index contributed by atoms with van der Waals surface area (Å²) in [6.07, 6.45) is 5.63. The fraction of sp³-hybridized carbons (Fsp3) is 0.312. The lowest BCUT2D eigenvalue weighted by Crippen LogP contribution is -2.13. The van der Waals surface area contributed by atoms with Gasteiger partial charge in [0.1, 0.15) is 11.5 Å². The zero-order chi connectivity index (χ0) is 13.5. The van der Waals surface area contributed by atoms with Crippen LogP contribution in [0.5, 0.6) is 11.5 Å². The predicted octanol–water partition coefficient (Wildman–Crippen LogP) is 3.37. The minimum absolute atomic E-state index is 0.780. The number of aryl methyl sites for hydroxylation is 1. The molecule has 1 aromatic carbocycles. The van der Waals surface area contributed by atoms with E-state index in [0.717, 1.165) is 30.9 Å². The second kappa shape index (κ2) is 6.90. The van der Waals surface area contributed by atoms with Gasteiger partial charge in [-0.3, -0.25) is 4.98 Å². The Kier molecular flexibility index (Phi) is 4.93. The highest BCUT2D eigenvalue weighted by atomic mass is 16.5. The number of rotatable bonds is 6. The number of hydrogen-bond acceptors (Lipinski definition) is 3. The molecule has 3 nitrogen and oxygen atoms in total. The second-order valence-electron chi connectivity index (χ2n) is 4.81. The van der Waals surface area contributed by atoms with Gasteiger partial charge in [0.15, 0.2) is 0 Å². The molecule has 0 N–H and O–H groups in total. The number of para-hydroxylation sites is 1. The molecule has 100 valence electrons. The topological polar surface area (TPSA) is 25.4 Å². The molecular weight excluding hydrogens is 236 g/mol. The number of ether oxygens (including phenoxy) is 1. The van der Waals surface area contributed by atoms with Crippen LogP contribution in [0.1, 0.15) is 12.0 Å². The Hall–Kier alpha value is -1.87. The SMILES string of the molecule is CN(C)CCCc1ccccc1Oc1cccnc1. The van der Waals surface area contributed by atoms with Gasteiger partial charge in [0, 0.05) is 6.20 Å². The maximum atomic E-state index is 5.89. The van der Waals surface area contributed by atoms with Crippen LogP contribution < -0.4 is 4.74 Å². The number of aromatic nitrogens is 1. The molecule has 19 heavy (non-hydrogen) atoms. The summed E-state index contributed by atoms with van der Waals surface area (Å²) in [5.41, 5.74) is 1.24. The van der Waals surface area contributed by atoms with Crippen molar-refractivity contribution in [2.24, 2.45) is 0 Å². The van der Waals surface area contributed by atoms with Crippen LogP contribution in [-0.2, 0) is 6.42 Å². The molecule has 0 fully saturated rings. The first kappa shape index (κ1) is 13.6. The molecule has 2 rings (SSSR count). The lowest BCUT2D eigenvalue weighted by Gasteiger charge is -2.12. The summed E-state index contributed by atoms with van der Waals surface area (Å²) >= 11 is 0. The van der Waals surface area contributed by atoms with Gasteiger partial charge in [-0.1, -0.05) is 18.2 Å². The van der Waals surface area contributed by atoms with E-state index in [1.165, 1.54) is 5.56 Å². The number of benzene rings is 1. The molecule has 0 atom stereocenters. The predicted molar refractivity (Wildman–Crippen MR) is 77.6 cm³/mol. The van der Waals surface area contributed by atoms with Crippen molar-refractivity contribution in [1.82, 2.24) is 9.88 Å². The number of nitrogens with zero attached hydrogens (tertiary/aromatic N) is 2. The Bertz CT molecular complexity index is 497. The summed E-state index contributed by atoms with van der Waals surface area (Å²) in [5.74, 6) is 1.71. The molecule has 0 aliphatic heterocycles. The molecule has 0 unspecified atom stereocenters. The van der Waals surface area contributed by atoms with Crippen LogP contribution in [0, 0.1) is 0 Å². The molecule has 0 aliphatic rings. The molecule has 1 aromatic heterocycles. The van der Waals surface area contributed by atoms with Gasteiger partial charge >= 0.3 is 0 Å². The summed E-state index contributed by atoms with van der Waals surface area (Å²) in [6, 6.07) is 12.0. The van der Waals surface area contributed by atoms with Gasteiger partial charge in [0.25, 0.3) is 0 Å². The van der Waals surface area contributed by atoms with Gasteiger partial charge in [-0.15, -0.1) is 0 Å². The van der Waals surface area contributed by atoms with E-state index in [9.17, 15) is 0 Å². The highest BCUT2D eigenvalue weighted by molar-refractivity contribution is 5.37. The van der Waals surface area contributed by atoms with Crippen LogP contribution >= 0.6 is 0 Å². The van der Waals surface area contributed by atoms with Crippen molar-refractivity contribution in [1.29, 1.82) is 0 Å². The van der Waals surface area contributed by atoms with Crippen molar-refractivity contribution in [2.45, 2.75) is 12.8 Å². The molecule has 0 spiro atoms. The highest BCUT2D eigenvalue weighted by Crippen LogP contribution is 2.25. The van der Waals surface area contributed by atoms with Crippen LogP contribution in [0.25, 0.3) is 0 Å². The van der Waals surface area contributed by atoms with Gasteiger partial charge < -0.3 is 9.64 Å². The summed E-state index contributed by atoms with van der Waals surface area (Å²) in [5, 5.41) is 0. The lowest BCUT2D eigenvalue weighted by atomic mass is 10.1. The zero-order valence-electron chi connectivity index (χ0n) is 11.5. The lowest BCUT2D eigenvalue weighted by molar-refractivity contribution is 0.398. The molecule has 0 saturated carbocycles. The minimum atomic E-state index is 0.780. The van der Waals surface area contributed by atoms with E-state index in [1.807, 2.05) is 24.3 Å². The average Bonchev–Trinajstić information content (AvgIpc) is 2.41. The van der Waals surface area contributed by atoms with E-state index >= 15 is 0 Å². The fourth-order valence-corrected chi connectivity index (χ4v) is 1.93. The van der Waals surface area contributed by atoms with Crippen LogP contribution in [0.15, 0.2) is 48.8 Å². The quantitative estimate of drug-likeness (QED) is 0.792. The first-order valence-corrected chi connectivity index (χ1v) is 6.56. The van der Waals surface area contributed by atoms with Crippen LogP contribution in [-0.4, -0.2) is 30.5 Å². The molecule has 2 aromatic rings. The Balaban J connectivity index is 2.04. The van der Waals surface area contributed by atoms with Crippen molar-refractivity contribution >= 4 is 0 Å². The van der Waals surface area contributed by atoms with Crippen molar-refractivity contribution in [3.63, 3.8) is 0 Å². The van der Waals surface area contributed by atoms with Crippen LogP contribution in [0.4, 0.5) is 0 Å². The van der Waals surface area contributed by atoms with Gasteiger partial charge in [0.2, 0.25) is 0 Å². The van der Waals surface area contributed by atoms with Crippen molar-refractivity contribution in [2.75, 3.05) is 20.6 Å². The number of hydrogen-bond donors (Lipinski definition) is 0. The standard InChI is InChI=1S/C16H20N2O/c1-18(2)12-6-8-14-7-3-4-10-16(14)19-15-9-5-11-17-13-15/h3-5,7,9-11,13H,6,8,12H2,1-2H3. The summed E-state index contributed by atoms with van der Waals surface area (Å²) < 4.78 is 5.89. The fourth-order valence-electron chi connectivity index (χ4n) is 1.93. The van der Waals surface area contributed by atoms with Gasteiger partial charge in [-0.25, -0.2) is 0 Å². The van der Waals surface area contributed by atoms with Crippen molar-refractivity contribution < 1.29 is 4.74 Å². The first-order chi connectivity index (χ1) is 9.25. The van der Waals surface area contributed by atoms with Crippen molar-refractivity contribution in [3.8, 4) is 11.5 Å². The molecular formula is C16H20N2O. The Labute approximate surface area is 114 Å². The van der Waals surface area contributed by atoms with E-state index in [2.05, 4.69) is 36.1 Å². The molecule has 0 amide bonds. The average molecular weight is 256 g/mol. The number of pyridine rings is 1. The van der Waals surface area contributed by atoms with E-state index in [-0.39, 0.29) is 0 Å². The third kappa shape index (κ3) is 4.38. The minimum Gasteiger partial charge on any atom is -0.455 e. The molecule has 0 radical (unpaired) electrons. The monoisotopic (exact) mass is 256 g/mol. The third-order valence-electron chi connectivity index (χ3n) is 2.89. The molecule has 0 aliphatic carbocycles. The first-order valence-electron chi connectivity index (χ1n) is 6.56. The summed E-state index contributed by atoms with van der Waals surface area (Å²) in [7, 11) is 4.19. The van der Waals surface area contributed by atoms with E-state index in [0.29, 0.717) is 0 Å². The second-order valence-corrected chi connectivity index (χ2v) is 4.81. The Morgan fingerprint density at radius 2 is 1.95 bits per heavy atom. The molecule has 0 saturated heterocycles. The van der Waals surface area contributed by atoms with Gasteiger partial charge in [-0.2, -0.15) is 0 Å². The van der Waals surface area contributed by atoms with Crippen LogP contribution in [0.2, 0.25) is 0 Å². The summed E-state index contributed by atoms with van der Waals surface area (Å²) in [6.45, 7) is 1.08. The third-order valence-corrected chi connectivity index (χ3v) is 2.89. The van der Waals surface area contributed by atoms with Crippen LogP contribution in [0.3, 0.4) is 0 Å². The Morgan fingerprint density at radius 1 is 1.11 bits per heavy atom. The smallest absolute Gasteiger partial charge is 0.145 e. The maximum absolute atomic E-state index is 5.89. The molecule has 3 heteroatoms. The molecule has 0 bridgehead atoms. The van der Waals surface area contributed by atoms with E-state index < -0.39 is 0 Å². The molecule has 1 heterocycles. The zero-order valence-corrected chi connectivity index (χ0v) is 11.5. The van der Waals surface area contributed by atoms with Gasteiger partial charge in [-0.05, 0) is 57.2 Å². The van der Waals surface area contributed by atoms with Gasteiger partial charge in [0.05, 0.1) is 6.20 Å². The highest BCUT2D eigenvalue weighted by Gasteiger charge is 2.04. The van der Waals surface area contributed by atoms with E-state index in [4.69, 9.17) is 4.74 Å². The maximum Gasteiger partial charge on any atom is 0.145 e. The normalized spacial score (nSPS) is 10.7.